The van der Waals surface area contributed by atoms with Gasteiger partial charge in [-0.2, -0.15) is 5.10 Å². The first-order chi connectivity index (χ1) is 18.1. The van der Waals surface area contributed by atoms with Crippen molar-refractivity contribution in [3.05, 3.63) is 95.3 Å². The van der Waals surface area contributed by atoms with Crippen molar-refractivity contribution in [3.8, 4) is 17.2 Å². The lowest BCUT2D eigenvalue weighted by atomic mass is 9.77. The van der Waals surface area contributed by atoms with Crippen molar-refractivity contribution < 1.29 is 23.4 Å². The molecule has 0 radical (unpaired) electrons. The monoisotopic (exact) mass is 500 g/mol. The van der Waals surface area contributed by atoms with Gasteiger partial charge in [0.1, 0.15) is 11.5 Å². The molecule has 7 heteroatoms. The summed E-state index contributed by atoms with van der Waals surface area (Å²) in [7, 11) is 3.28. The molecule has 3 aromatic carbocycles. The van der Waals surface area contributed by atoms with E-state index in [1.807, 2.05) is 48.5 Å². The summed E-state index contributed by atoms with van der Waals surface area (Å²) in [6.45, 7) is -0.332. The van der Waals surface area contributed by atoms with Crippen LogP contribution in [-0.4, -0.2) is 37.5 Å². The van der Waals surface area contributed by atoms with Gasteiger partial charge in [0, 0.05) is 17.0 Å². The molecule has 1 heterocycles. The maximum Gasteiger partial charge on any atom is 0.281 e. The second-order valence-corrected chi connectivity index (χ2v) is 9.04. The van der Waals surface area contributed by atoms with E-state index in [1.165, 1.54) is 17.1 Å². The summed E-state index contributed by atoms with van der Waals surface area (Å²) >= 11 is 0. The van der Waals surface area contributed by atoms with E-state index < -0.39 is 5.82 Å². The van der Waals surface area contributed by atoms with Crippen LogP contribution in [0.25, 0.3) is 6.08 Å². The van der Waals surface area contributed by atoms with Crippen molar-refractivity contribution in [1.29, 1.82) is 0 Å². The highest BCUT2D eigenvalue weighted by Crippen LogP contribution is 2.46. The fraction of sp³-hybridized carbons (Fsp3) is 0.267. The first kappa shape index (κ1) is 24.6. The number of nitrogens with zero attached hydrogens (tertiary/aromatic N) is 2. The Kier molecular flexibility index (Phi) is 7.21. The molecule has 1 fully saturated rings. The molecule has 3 aromatic rings. The first-order valence-electron chi connectivity index (χ1n) is 12.4. The van der Waals surface area contributed by atoms with E-state index >= 15 is 0 Å². The average Bonchev–Trinajstić information content (AvgIpc) is 3.33. The average molecular weight is 501 g/mol. The molecule has 190 valence electrons. The number of ether oxygens (including phenoxy) is 3. The van der Waals surface area contributed by atoms with Crippen LogP contribution in [0, 0.1) is 11.7 Å². The number of para-hydroxylation sites is 3. The normalized spacial score (nSPS) is 19.8. The number of hydrogen-bond donors (Lipinski definition) is 0. The second kappa shape index (κ2) is 10.9. The molecule has 1 aliphatic heterocycles. The standard InChI is InChI=1S/C30H29FN2O4/c1-35-25-15-6-3-10-20(25)18-21-11-9-13-23-29(21)32-33(30(23)22-12-4-7-16-26(22)36-2)28(34)19-37-27-17-8-5-14-24(27)31/h3-8,10,12,14-18,23,30H,9,11,13,19H2,1-2H3/b21-18+/t23-,30+/m0/s1. The van der Waals surface area contributed by atoms with Crippen LogP contribution >= 0.6 is 0 Å². The number of allylic oxidation sites excluding steroid dienone is 1. The topological polar surface area (TPSA) is 60.4 Å². The number of benzene rings is 3. The van der Waals surface area contributed by atoms with Crippen LogP contribution < -0.4 is 14.2 Å². The minimum Gasteiger partial charge on any atom is -0.496 e. The van der Waals surface area contributed by atoms with E-state index in [0.717, 1.165) is 47.4 Å². The molecule has 0 spiro atoms. The zero-order chi connectivity index (χ0) is 25.8. The number of rotatable bonds is 7. The number of carbonyl (C=O) groups is 1. The first-order valence-corrected chi connectivity index (χ1v) is 12.4. The van der Waals surface area contributed by atoms with Crippen LogP contribution in [0.15, 0.2) is 83.5 Å². The molecule has 1 amide bonds. The van der Waals surface area contributed by atoms with Crippen molar-refractivity contribution >= 4 is 17.7 Å². The lowest BCUT2D eigenvalue weighted by Gasteiger charge is -2.30. The Morgan fingerprint density at radius 2 is 1.65 bits per heavy atom. The van der Waals surface area contributed by atoms with Gasteiger partial charge in [-0.25, -0.2) is 9.40 Å². The molecular weight excluding hydrogens is 471 g/mol. The lowest BCUT2D eigenvalue weighted by Crippen LogP contribution is -2.35. The van der Waals surface area contributed by atoms with Crippen LogP contribution in [0.2, 0.25) is 0 Å². The minimum atomic E-state index is -0.514. The van der Waals surface area contributed by atoms with Crippen LogP contribution in [-0.2, 0) is 4.79 Å². The minimum absolute atomic E-state index is 0.0107. The van der Waals surface area contributed by atoms with Crippen molar-refractivity contribution in [3.63, 3.8) is 0 Å². The number of halogens is 1. The summed E-state index contributed by atoms with van der Waals surface area (Å²) in [6, 6.07) is 21.2. The van der Waals surface area contributed by atoms with Crippen LogP contribution in [0.3, 0.4) is 0 Å². The number of carbonyl (C=O) groups excluding carboxylic acids is 1. The molecule has 0 saturated heterocycles. The third-order valence-corrected chi connectivity index (χ3v) is 6.87. The third-order valence-electron chi connectivity index (χ3n) is 6.87. The predicted molar refractivity (Wildman–Crippen MR) is 140 cm³/mol. The number of hydrazone groups is 1. The van der Waals surface area contributed by atoms with E-state index in [9.17, 15) is 9.18 Å². The van der Waals surface area contributed by atoms with Crippen molar-refractivity contribution in [1.82, 2.24) is 5.01 Å². The highest BCUT2D eigenvalue weighted by atomic mass is 19.1. The van der Waals surface area contributed by atoms with Gasteiger partial charge in [-0.05, 0) is 55.2 Å². The summed E-state index contributed by atoms with van der Waals surface area (Å²) in [4.78, 5) is 13.5. The summed E-state index contributed by atoms with van der Waals surface area (Å²) in [5.41, 5.74) is 3.80. The highest BCUT2D eigenvalue weighted by molar-refractivity contribution is 6.08. The zero-order valence-electron chi connectivity index (χ0n) is 20.9. The van der Waals surface area contributed by atoms with Gasteiger partial charge in [-0.3, -0.25) is 4.79 Å². The van der Waals surface area contributed by atoms with E-state index in [2.05, 4.69) is 6.08 Å². The van der Waals surface area contributed by atoms with Gasteiger partial charge >= 0.3 is 0 Å². The van der Waals surface area contributed by atoms with E-state index in [0.29, 0.717) is 5.75 Å². The Labute approximate surface area is 216 Å². The smallest absolute Gasteiger partial charge is 0.281 e. The Morgan fingerprint density at radius 3 is 2.41 bits per heavy atom. The molecular formula is C30H29FN2O4. The summed E-state index contributed by atoms with van der Waals surface area (Å²) in [5.74, 6) is 0.632. The van der Waals surface area contributed by atoms with Gasteiger partial charge in [0.15, 0.2) is 18.2 Å². The Hall–Kier alpha value is -4.13. The number of hydrogen-bond acceptors (Lipinski definition) is 5. The molecule has 6 nitrogen and oxygen atoms in total. The molecule has 1 aliphatic carbocycles. The molecule has 37 heavy (non-hydrogen) atoms. The van der Waals surface area contributed by atoms with Gasteiger partial charge < -0.3 is 14.2 Å². The van der Waals surface area contributed by atoms with Crippen LogP contribution in [0.1, 0.15) is 36.4 Å². The maximum absolute atomic E-state index is 14.1. The Bertz CT molecular complexity index is 1350. The molecule has 2 aliphatic rings. The second-order valence-electron chi connectivity index (χ2n) is 9.04. The van der Waals surface area contributed by atoms with Gasteiger partial charge in [0.2, 0.25) is 0 Å². The number of amides is 1. The summed E-state index contributed by atoms with van der Waals surface area (Å²) < 4.78 is 30.9. The Balaban J connectivity index is 1.52. The maximum atomic E-state index is 14.1. The van der Waals surface area contributed by atoms with E-state index in [1.54, 1.807) is 26.4 Å². The molecule has 0 aromatic heterocycles. The van der Waals surface area contributed by atoms with E-state index in [4.69, 9.17) is 19.3 Å². The molecule has 2 atom stereocenters. The zero-order valence-corrected chi connectivity index (χ0v) is 20.9. The van der Waals surface area contributed by atoms with Crippen molar-refractivity contribution in [2.24, 2.45) is 11.0 Å². The summed E-state index contributed by atoms with van der Waals surface area (Å²) in [6.07, 6.45) is 4.79. The van der Waals surface area contributed by atoms with Crippen molar-refractivity contribution in [2.75, 3.05) is 20.8 Å². The van der Waals surface area contributed by atoms with Gasteiger partial charge in [0.25, 0.3) is 5.91 Å². The molecule has 5 rings (SSSR count). The SMILES string of the molecule is COc1ccccc1/C=C1\CCC[C@H]2C1=NN(C(=O)COc1ccccc1F)[C@@H]2c1ccccc1OC. The molecule has 1 saturated carbocycles. The molecule has 0 unspecified atom stereocenters. The van der Waals surface area contributed by atoms with Crippen molar-refractivity contribution in [2.45, 2.75) is 25.3 Å². The lowest BCUT2D eigenvalue weighted by molar-refractivity contribution is -0.135. The quantitative estimate of drug-likeness (QED) is 0.397. The summed E-state index contributed by atoms with van der Waals surface area (Å²) in [5, 5.41) is 6.37. The van der Waals surface area contributed by atoms with Gasteiger partial charge in [0.05, 0.1) is 26.0 Å². The largest absolute Gasteiger partial charge is 0.496 e. The van der Waals surface area contributed by atoms with Crippen LogP contribution in [0.4, 0.5) is 4.39 Å². The molecule has 0 bridgehead atoms. The molecule has 0 N–H and O–H groups in total. The number of methoxy groups -OCH3 is 2. The number of fused-ring (bicyclic) bond motifs is 1. The van der Waals surface area contributed by atoms with Gasteiger partial charge in [-0.1, -0.05) is 48.5 Å². The van der Waals surface area contributed by atoms with Gasteiger partial charge in [-0.15, -0.1) is 0 Å². The fourth-order valence-corrected chi connectivity index (χ4v) is 5.17. The van der Waals surface area contributed by atoms with E-state index in [-0.39, 0.29) is 30.2 Å². The fourth-order valence-electron chi connectivity index (χ4n) is 5.17. The highest BCUT2D eigenvalue weighted by Gasteiger charge is 2.44. The Morgan fingerprint density at radius 1 is 0.973 bits per heavy atom. The van der Waals surface area contributed by atoms with Crippen LogP contribution in [0.5, 0.6) is 17.2 Å². The third kappa shape index (κ3) is 4.94. The predicted octanol–water partition coefficient (Wildman–Crippen LogP) is 6.04.